The van der Waals surface area contributed by atoms with Crippen molar-refractivity contribution < 1.29 is 9.18 Å². The van der Waals surface area contributed by atoms with Crippen molar-refractivity contribution in [2.75, 3.05) is 31.1 Å². The highest BCUT2D eigenvalue weighted by Gasteiger charge is 2.24. The second kappa shape index (κ2) is 12.0. The van der Waals surface area contributed by atoms with Gasteiger partial charge >= 0.3 is 0 Å². The van der Waals surface area contributed by atoms with E-state index in [1.54, 1.807) is 13.0 Å². The predicted molar refractivity (Wildman–Crippen MR) is 149 cm³/mol. The largest absolute Gasteiger partial charge is 0.368 e. The minimum atomic E-state index is -0.228. The van der Waals surface area contributed by atoms with E-state index in [0.717, 1.165) is 36.5 Å². The van der Waals surface area contributed by atoms with Gasteiger partial charge in [-0.15, -0.1) is 0 Å². The number of allylic oxidation sites excluding steroid dienone is 4. The molecule has 1 aromatic heterocycles. The molecule has 1 atom stereocenters. The smallest absolute Gasteiger partial charge is 0.244 e. The van der Waals surface area contributed by atoms with Crippen molar-refractivity contribution in [3.8, 4) is 11.3 Å². The Morgan fingerprint density at radius 2 is 1.78 bits per heavy atom. The van der Waals surface area contributed by atoms with Crippen LogP contribution in [0.4, 0.5) is 10.1 Å². The zero-order valence-electron chi connectivity index (χ0n) is 22.3. The minimum Gasteiger partial charge on any atom is -0.368 e. The van der Waals surface area contributed by atoms with Crippen molar-refractivity contribution in [3.63, 3.8) is 0 Å². The molecule has 1 unspecified atom stereocenters. The molecule has 3 aromatic rings. The molecule has 1 amide bonds. The van der Waals surface area contributed by atoms with Gasteiger partial charge in [0, 0.05) is 49.0 Å². The molecular weight excluding hydrogens is 463 g/mol. The highest BCUT2D eigenvalue weighted by molar-refractivity contribution is 5.76. The summed E-state index contributed by atoms with van der Waals surface area (Å²) in [7, 11) is 0. The highest BCUT2D eigenvalue weighted by atomic mass is 19.1. The Morgan fingerprint density at radius 1 is 1.00 bits per heavy atom. The van der Waals surface area contributed by atoms with Gasteiger partial charge in [0.15, 0.2) is 0 Å². The molecule has 5 rings (SSSR count). The number of piperazine rings is 1. The van der Waals surface area contributed by atoms with Crippen molar-refractivity contribution in [3.05, 3.63) is 95.5 Å². The number of carbonyl (C=O) groups is 1. The van der Waals surface area contributed by atoms with Crippen LogP contribution >= 0.6 is 0 Å². The monoisotopic (exact) mass is 500 g/mol. The first-order valence-electron chi connectivity index (χ1n) is 13.2. The minimum absolute atomic E-state index is 0.0791. The number of halogens is 1. The third-order valence-corrected chi connectivity index (χ3v) is 6.91. The zero-order chi connectivity index (χ0) is 26.4. The van der Waals surface area contributed by atoms with E-state index in [1.165, 1.54) is 17.3 Å². The number of nitrogens with zero attached hydrogens (tertiary/aromatic N) is 4. The topological polar surface area (TPSA) is 41.4 Å². The molecule has 0 bridgehead atoms. The Morgan fingerprint density at radius 3 is 2.46 bits per heavy atom. The van der Waals surface area contributed by atoms with Crippen LogP contribution in [-0.4, -0.2) is 46.8 Å². The Kier molecular flexibility index (Phi) is 8.59. The summed E-state index contributed by atoms with van der Waals surface area (Å²) in [5.41, 5.74) is 5.67. The van der Waals surface area contributed by atoms with Crippen LogP contribution in [0, 0.1) is 19.7 Å². The van der Waals surface area contributed by atoms with Gasteiger partial charge in [-0.1, -0.05) is 50.3 Å². The molecule has 0 radical (unpaired) electrons. The zero-order valence-corrected chi connectivity index (χ0v) is 22.3. The summed E-state index contributed by atoms with van der Waals surface area (Å²) in [4.78, 5) is 17.6. The highest BCUT2D eigenvalue weighted by Crippen LogP contribution is 2.30. The standard InChI is InChI=1S/C29H31FN4O.C2H6/c1-21-7-6-10-25(17-21)32-13-15-33(16-14-32)29(35)20-34-28(23-8-4-3-5-9-23)19-27(31-34)24-11-12-26(30)22(2)18-24;1-2/h3-8,10-12,17-19,23H,9,13-16,20H2,1-2H3;1-2H3. The molecule has 5 nitrogen and oxygen atoms in total. The lowest BCUT2D eigenvalue weighted by Gasteiger charge is -2.36. The number of anilines is 1. The molecule has 194 valence electrons. The first kappa shape index (κ1) is 26.4. The molecule has 2 aromatic carbocycles. The molecule has 2 heterocycles. The van der Waals surface area contributed by atoms with E-state index in [1.807, 2.05) is 47.7 Å². The Labute approximate surface area is 219 Å². The van der Waals surface area contributed by atoms with Crippen LogP contribution < -0.4 is 4.90 Å². The molecular formula is C31H37FN4O. The predicted octanol–water partition coefficient (Wildman–Crippen LogP) is 6.28. The maximum atomic E-state index is 13.8. The number of rotatable bonds is 5. The first-order valence-corrected chi connectivity index (χ1v) is 13.2. The Bertz CT molecular complexity index is 1280. The fraction of sp³-hybridized carbons (Fsp3) is 0.355. The third kappa shape index (κ3) is 6.19. The number of hydrogen-bond acceptors (Lipinski definition) is 3. The molecule has 37 heavy (non-hydrogen) atoms. The molecule has 1 aliphatic carbocycles. The summed E-state index contributed by atoms with van der Waals surface area (Å²) in [6.45, 7) is 11.1. The Balaban J connectivity index is 0.00000156. The van der Waals surface area contributed by atoms with Crippen LogP contribution in [0.5, 0.6) is 0 Å². The molecule has 1 saturated heterocycles. The lowest BCUT2D eigenvalue weighted by Crippen LogP contribution is -2.49. The van der Waals surface area contributed by atoms with Gasteiger partial charge in [-0.2, -0.15) is 5.10 Å². The van der Waals surface area contributed by atoms with Gasteiger partial charge in [0.05, 0.1) is 5.69 Å². The second-order valence-electron chi connectivity index (χ2n) is 9.44. The number of aryl methyl sites for hydroxylation is 2. The molecule has 1 aliphatic heterocycles. The number of amides is 1. The van der Waals surface area contributed by atoms with E-state index in [2.05, 4.69) is 48.2 Å². The summed E-state index contributed by atoms with van der Waals surface area (Å²) >= 11 is 0. The lowest BCUT2D eigenvalue weighted by atomic mass is 9.96. The van der Waals surface area contributed by atoms with Crippen LogP contribution in [0.1, 0.15) is 43.0 Å². The number of hydrogen-bond donors (Lipinski definition) is 0. The molecule has 0 N–H and O–H groups in total. The van der Waals surface area contributed by atoms with Crippen molar-refractivity contribution in [2.45, 2.75) is 46.6 Å². The van der Waals surface area contributed by atoms with Crippen LogP contribution in [-0.2, 0) is 11.3 Å². The van der Waals surface area contributed by atoms with E-state index in [-0.39, 0.29) is 24.2 Å². The van der Waals surface area contributed by atoms with Crippen molar-refractivity contribution >= 4 is 11.6 Å². The third-order valence-electron chi connectivity index (χ3n) is 6.91. The van der Waals surface area contributed by atoms with Gasteiger partial charge in [0.2, 0.25) is 5.91 Å². The van der Waals surface area contributed by atoms with E-state index in [4.69, 9.17) is 5.10 Å². The molecule has 6 heteroatoms. The molecule has 0 spiro atoms. The van der Waals surface area contributed by atoms with Crippen LogP contribution in [0.25, 0.3) is 11.3 Å². The lowest BCUT2D eigenvalue weighted by molar-refractivity contribution is -0.132. The maximum Gasteiger partial charge on any atom is 0.244 e. The van der Waals surface area contributed by atoms with Gasteiger partial charge in [0.25, 0.3) is 0 Å². The number of carbonyl (C=O) groups excluding carboxylic acids is 1. The second-order valence-corrected chi connectivity index (χ2v) is 9.44. The van der Waals surface area contributed by atoms with Crippen LogP contribution in [0.3, 0.4) is 0 Å². The van der Waals surface area contributed by atoms with Crippen molar-refractivity contribution in [1.29, 1.82) is 0 Å². The SMILES string of the molecule is CC.Cc1cccc(N2CCN(C(=O)Cn3nc(-c4ccc(F)c(C)c4)cc3C3C=CC=CC3)CC2)c1. The van der Waals surface area contributed by atoms with E-state index in [9.17, 15) is 9.18 Å². The summed E-state index contributed by atoms with van der Waals surface area (Å²) in [5, 5.41) is 4.81. The average molecular weight is 501 g/mol. The van der Waals surface area contributed by atoms with Crippen molar-refractivity contribution in [2.24, 2.45) is 0 Å². The fourth-order valence-corrected chi connectivity index (χ4v) is 4.87. The van der Waals surface area contributed by atoms with Gasteiger partial charge in [-0.3, -0.25) is 9.48 Å². The fourth-order valence-electron chi connectivity index (χ4n) is 4.87. The number of aromatic nitrogens is 2. The van der Waals surface area contributed by atoms with Crippen molar-refractivity contribution in [1.82, 2.24) is 14.7 Å². The summed E-state index contributed by atoms with van der Waals surface area (Å²) in [6, 6.07) is 15.6. The van der Waals surface area contributed by atoms with Gasteiger partial charge in [-0.25, -0.2) is 4.39 Å². The number of benzene rings is 2. The molecule has 1 fully saturated rings. The van der Waals surface area contributed by atoms with Crippen LogP contribution in [0.2, 0.25) is 0 Å². The van der Waals surface area contributed by atoms with Gasteiger partial charge < -0.3 is 9.80 Å². The van der Waals surface area contributed by atoms with Crippen LogP contribution in [0.15, 0.2) is 72.8 Å². The van der Waals surface area contributed by atoms with E-state index in [0.29, 0.717) is 18.7 Å². The maximum absolute atomic E-state index is 13.8. The van der Waals surface area contributed by atoms with Gasteiger partial charge in [0.1, 0.15) is 12.4 Å². The summed E-state index contributed by atoms with van der Waals surface area (Å²) in [5.74, 6) is 0.0120. The molecule has 2 aliphatic rings. The van der Waals surface area contributed by atoms with Gasteiger partial charge in [-0.05, 0) is 67.8 Å². The summed E-state index contributed by atoms with van der Waals surface area (Å²) in [6.07, 6.45) is 9.24. The normalized spacial score (nSPS) is 16.9. The molecule has 0 saturated carbocycles. The van der Waals surface area contributed by atoms with E-state index < -0.39 is 0 Å². The Hall–Kier alpha value is -3.67. The summed E-state index contributed by atoms with van der Waals surface area (Å²) < 4.78 is 15.7. The van der Waals surface area contributed by atoms with E-state index >= 15 is 0 Å². The average Bonchev–Trinajstić information content (AvgIpc) is 3.35. The quantitative estimate of drug-likeness (QED) is 0.414. The first-order chi connectivity index (χ1) is 18.0.